The van der Waals surface area contributed by atoms with Crippen LogP contribution in [0.15, 0.2) is 28.7 Å². The first kappa shape index (κ1) is 41.4. The van der Waals surface area contributed by atoms with E-state index in [0.717, 1.165) is 33.7 Å². The third-order valence-electron chi connectivity index (χ3n) is 10.5. The minimum atomic E-state index is -0.00387. The van der Waals surface area contributed by atoms with Crippen LogP contribution in [0.25, 0.3) is 0 Å². The Morgan fingerprint density at radius 3 is 1.02 bits per heavy atom. The smallest absolute Gasteiger partial charge is 0.194 e. The van der Waals surface area contributed by atoms with Gasteiger partial charge in [-0.1, -0.05) is 168 Å². The zero-order valence-corrected chi connectivity index (χ0v) is 34.4. The normalized spacial score (nSPS) is 12.5. The summed E-state index contributed by atoms with van der Waals surface area (Å²) in [5.74, 6) is -0.0000353. The Hall–Kier alpha value is -1.01. The molecule has 1 aliphatic carbocycles. The van der Waals surface area contributed by atoms with E-state index in [4.69, 9.17) is 0 Å². The van der Waals surface area contributed by atoms with Gasteiger partial charge in [-0.05, 0) is 99.6 Å². The van der Waals surface area contributed by atoms with Gasteiger partial charge in [0.15, 0.2) is 11.6 Å². The Labute approximate surface area is 317 Å². The fraction of sp³-hybridized carbons (Fsp3) is 0.682. The number of hydrogen-bond donors (Lipinski definition) is 0. The van der Waals surface area contributed by atoms with Gasteiger partial charge >= 0.3 is 0 Å². The van der Waals surface area contributed by atoms with E-state index in [0.29, 0.717) is 22.3 Å². The molecule has 0 heterocycles. The average Bonchev–Trinajstić information content (AvgIpc) is 3.08. The molecule has 48 heavy (non-hydrogen) atoms. The van der Waals surface area contributed by atoms with Crippen LogP contribution in [0.2, 0.25) is 0 Å². The first-order valence-electron chi connectivity index (χ1n) is 20.2. The largest absolute Gasteiger partial charge is 0.289 e. The lowest BCUT2D eigenvalue weighted by Crippen LogP contribution is -2.22. The lowest BCUT2D eigenvalue weighted by molar-refractivity contribution is 0.0979. The molecule has 2 nitrogen and oxygen atoms in total. The van der Waals surface area contributed by atoms with Crippen LogP contribution < -0.4 is 0 Å². The molecule has 2 aromatic rings. The third kappa shape index (κ3) is 14.7. The number of fused-ring (bicyclic) bond motifs is 2. The molecule has 3 rings (SSSR count). The minimum Gasteiger partial charge on any atom is -0.289 e. The monoisotopic (exact) mass is 832 g/mol. The van der Waals surface area contributed by atoms with Gasteiger partial charge in [-0.15, -0.1) is 0 Å². The van der Waals surface area contributed by atoms with Gasteiger partial charge in [-0.2, -0.15) is 0 Å². The van der Waals surface area contributed by atoms with Crippen molar-refractivity contribution >= 4 is 50.1 Å². The van der Waals surface area contributed by atoms with Crippen molar-refractivity contribution in [2.45, 2.75) is 194 Å². The molecule has 0 saturated heterocycles. The molecule has 0 N–H and O–H groups in total. The molecule has 4 heteroatoms. The van der Waals surface area contributed by atoms with E-state index < -0.39 is 0 Å². The quantitative estimate of drug-likeness (QED) is 0.0539. The number of hydrogen-bond acceptors (Lipinski definition) is 2. The van der Waals surface area contributed by atoms with E-state index in [9.17, 15) is 9.59 Å². The molecule has 0 bridgehead atoms. The summed E-state index contributed by atoms with van der Waals surface area (Å²) in [6.07, 6.45) is 37.1. The molecule has 0 atom stereocenters. The number of rotatable bonds is 28. The first-order valence-corrected chi connectivity index (χ1v) is 22.1. The Morgan fingerprint density at radius 2 is 0.688 bits per heavy atom. The second kappa shape index (κ2) is 25.0. The van der Waals surface area contributed by atoms with E-state index in [2.05, 4.69) is 64.5 Å². The van der Waals surface area contributed by atoms with Crippen LogP contribution in [0.5, 0.6) is 0 Å². The highest BCUT2D eigenvalue weighted by Crippen LogP contribution is 2.34. The maximum Gasteiger partial charge on any atom is 0.194 e. The number of ketones is 2. The van der Waals surface area contributed by atoms with E-state index in [-0.39, 0.29) is 11.6 Å². The van der Waals surface area contributed by atoms with E-state index in [1.165, 1.54) is 165 Å². The predicted octanol–water partition coefficient (Wildman–Crippen LogP) is 15.1. The molecule has 0 spiro atoms. The lowest BCUT2D eigenvalue weighted by atomic mass is 9.81. The summed E-state index contributed by atoms with van der Waals surface area (Å²) in [6, 6.07) is 7.92. The number of halogens is 2. The topological polar surface area (TPSA) is 34.1 Å². The van der Waals surface area contributed by atoms with Crippen molar-refractivity contribution in [3.63, 3.8) is 0 Å². The third-order valence-corrected chi connectivity index (χ3v) is 12.8. The Kier molecular flexibility index (Phi) is 21.6. The Bertz CT molecular complexity index is 1140. The van der Waals surface area contributed by atoms with Gasteiger partial charge in [-0.3, -0.25) is 9.59 Å². The average molecular weight is 834 g/mol. The van der Waals surface area contributed by atoms with Crippen LogP contribution in [0.4, 0.5) is 0 Å². The second-order valence-corrected chi connectivity index (χ2v) is 16.6. The lowest BCUT2D eigenvalue weighted by Gasteiger charge is -2.21. The fourth-order valence-electron chi connectivity index (χ4n) is 7.41. The number of unbranched alkanes of at least 4 members (excludes halogenated alkanes) is 24. The van der Waals surface area contributed by atoms with Gasteiger partial charge in [0.1, 0.15) is 0 Å². The zero-order valence-electron chi connectivity index (χ0n) is 30.7. The molecule has 0 saturated carbocycles. The van der Waals surface area contributed by atoms with E-state index in [1.807, 2.05) is 12.1 Å². The maximum absolute atomic E-state index is 13.7. The van der Waals surface area contributed by atoms with Crippen LogP contribution in [-0.2, 0) is 12.8 Å². The standard InChI is InChI=1S/C44H66BrIO2/c1-3-5-7-9-11-13-15-17-19-21-23-25-27-29-35-31-37-38(44(48)40-34-42(46)41(45)33-39(40)43(37)47)32-36(35)30-28-26-24-22-20-18-16-14-12-10-8-6-4-2/h31-34H,3-30H2,1-2H3. The summed E-state index contributed by atoms with van der Waals surface area (Å²) in [5.41, 5.74) is 4.91. The maximum atomic E-state index is 13.7. The van der Waals surface area contributed by atoms with Crippen molar-refractivity contribution in [2.24, 2.45) is 0 Å². The van der Waals surface area contributed by atoms with Gasteiger partial charge in [0.05, 0.1) is 0 Å². The number of carbonyl (C=O) groups is 2. The highest BCUT2D eigenvalue weighted by molar-refractivity contribution is 14.1. The van der Waals surface area contributed by atoms with Crippen LogP contribution in [0.3, 0.4) is 0 Å². The first-order chi connectivity index (χ1) is 23.5. The highest BCUT2D eigenvalue weighted by Gasteiger charge is 2.31. The zero-order chi connectivity index (χ0) is 34.4. The summed E-state index contributed by atoms with van der Waals surface area (Å²) in [7, 11) is 0. The molecule has 0 aromatic heterocycles. The molecule has 0 radical (unpaired) electrons. The summed E-state index contributed by atoms with van der Waals surface area (Å²) >= 11 is 5.80. The summed E-state index contributed by atoms with van der Waals surface area (Å²) < 4.78 is 1.83. The van der Waals surface area contributed by atoms with Gasteiger partial charge in [-0.25, -0.2) is 0 Å². The molecule has 2 aromatic carbocycles. The molecular weight excluding hydrogens is 767 g/mol. The van der Waals surface area contributed by atoms with Gasteiger partial charge in [0, 0.05) is 30.3 Å². The summed E-state index contributed by atoms with van der Waals surface area (Å²) in [4.78, 5) is 27.4. The Balaban J connectivity index is 1.48. The van der Waals surface area contributed by atoms with Crippen molar-refractivity contribution in [3.05, 3.63) is 65.7 Å². The molecule has 0 aliphatic heterocycles. The Morgan fingerprint density at radius 1 is 0.417 bits per heavy atom. The molecular formula is C44H66BrIO2. The number of carbonyl (C=O) groups excluding carboxylic acids is 2. The van der Waals surface area contributed by atoms with Crippen LogP contribution >= 0.6 is 38.5 Å². The van der Waals surface area contributed by atoms with Gasteiger partial charge in [0.25, 0.3) is 0 Å². The van der Waals surface area contributed by atoms with Crippen LogP contribution in [0, 0.1) is 3.57 Å². The molecule has 1 aliphatic rings. The van der Waals surface area contributed by atoms with Crippen molar-refractivity contribution in [1.29, 1.82) is 0 Å². The minimum absolute atomic E-state index is 0.00383. The number of aryl methyl sites for hydroxylation is 2. The molecule has 268 valence electrons. The fourth-order valence-corrected chi connectivity index (χ4v) is 8.22. The van der Waals surface area contributed by atoms with E-state index in [1.54, 1.807) is 0 Å². The predicted molar refractivity (Wildman–Crippen MR) is 219 cm³/mol. The van der Waals surface area contributed by atoms with E-state index >= 15 is 0 Å². The van der Waals surface area contributed by atoms with Crippen molar-refractivity contribution < 1.29 is 9.59 Å². The van der Waals surface area contributed by atoms with Crippen LogP contribution in [0.1, 0.15) is 224 Å². The number of benzene rings is 2. The summed E-state index contributed by atoms with van der Waals surface area (Å²) in [6.45, 7) is 4.57. The van der Waals surface area contributed by atoms with Gasteiger partial charge in [0.2, 0.25) is 0 Å². The van der Waals surface area contributed by atoms with Crippen molar-refractivity contribution in [3.8, 4) is 0 Å². The van der Waals surface area contributed by atoms with Crippen molar-refractivity contribution in [2.75, 3.05) is 0 Å². The second-order valence-electron chi connectivity index (χ2n) is 14.6. The van der Waals surface area contributed by atoms with Crippen LogP contribution in [-0.4, -0.2) is 11.6 Å². The summed E-state index contributed by atoms with van der Waals surface area (Å²) in [5, 5.41) is 0. The SMILES string of the molecule is CCCCCCCCCCCCCCCc1cc2c(cc1CCCCCCCCCCCCCCC)C(=O)c1cc(I)c(Br)cc1C2=O. The molecule has 0 amide bonds. The van der Waals surface area contributed by atoms with Gasteiger partial charge < -0.3 is 0 Å². The highest BCUT2D eigenvalue weighted by atomic mass is 127. The van der Waals surface area contributed by atoms with Crippen molar-refractivity contribution in [1.82, 2.24) is 0 Å². The molecule has 0 unspecified atom stereocenters. The molecule has 0 fully saturated rings.